The Kier molecular flexibility index (Phi) is 9.40. The summed E-state index contributed by atoms with van der Waals surface area (Å²) in [6.07, 6.45) is 2.30. The molecule has 38 heavy (non-hydrogen) atoms. The molecule has 1 fully saturated rings. The van der Waals surface area contributed by atoms with Gasteiger partial charge in [-0.15, -0.1) is 0 Å². The van der Waals surface area contributed by atoms with Gasteiger partial charge in [0.2, 0.25) is 17.6 Å². The standard InChI is InChI=1S/C31H33N3O4/c35-28-19-18-27(34(28)22-25-15-8-3-9-16-25)30(37)33-26(21-24-13-6-2-7-14-24)29(36)31(38)32-20-10-17-23-11-4-1-5-12-23/h1-9,11-16,26-27H,10,17-22H2,(H,32,38)(H,33,37)/t26?,27-/m1/s1. The molecule has 0 spiro atoms. The zero-order valence-corrected chi connectivity index (χ0v) is 21.3. The van der Waals surface area contributed by atoms with Gasteiger partial charge in [-0.3, -0.25) is 19.2 Å². The van der Waals surface area contributed by atoms with Crippen molar-refractivity contribution in [3.8, 4) is 0 Å². The van der Waals surface area contributed by atoms with Crippen LogP contribution in [0, 0.1) is 0 Å². The molecule has 1 saturated heterocycles. The largest absolute Gasteiger partial charge is 0.349 e. The van der Waals surface area contributed by atoms with Crippen LogP contribution >= 0.6 is 0 Å². The van der Waals surface area contributed by atoms with Gasteiger partial charge in [-0.25, -0.2) is 0 Å². The van der Waals surface area contributed by atoms with Crippen molar-refractivity contribution in [1.29, 1.82) is 0 Å². The van der Waals surface area contributed by atoms with Gasteiger partial charge in [0, 0.05) is 25.9 Å². The van der Waals surface area contributed by atoms with E-state index in [2.05, 4.69) is 10.6 Å². The molecule has 0 saturated carbocycles. The number of hydrogen-bond donors (Lipinski definition) is 2. The average Bonchev–Trinajstić information content (AvgIpc) is 3.31. The van der Waals surface area contributed by atoms with Crippen LogP contribution in [-0.4, -0.2) is 47.0 Å². The molecule has 196 valence electrons. The SMILES string of the molecule is O=C(NCCCc1ccccc1)C(=O)C(Cc1ccccc1)NC(=O)[C@H]1CCC(=O)N1Cc1ccccc1. The van der Waals surface area contributed by atoms with Crippen LogP contribution in [0.4, 0.5) is 0 Å². The Labute approximate surface area is 223 Å². The van der Waals surface area contributed by atoms with Crippen LogP contribution in [0.25, 0.3) is 0 Å². The minimum absolute atomic E-state index is 0.101. The summed E-state index contributed by atoms with van der Waals surface area (Å²) in [4.78, 5) is 53.4. The number of nitrogens with zero attached hydrogens (tertiary/aromatic N) is 1. The van der Waals surface area contributed by atoms with Gasteiger partial charge in [0.25, 0.3) is 5.91 Å². The van der Waals surface area contributed by atoms with Crippen molar-refractivity contribution < 1.29 is 19.2 Å². The molecular weight excluding hydrogens is 478 g/mol. The van der Waals surface area contributed by atoms with E-state index in [9.17, 15) is 19.2 Å². The summed E-state index contributed by atoms with van der Waals surface area (Å²) in [7, 11) is 0. The van der Waals surface area contributed by atoms with Gasteiger partial charge in [-0.2, -0.15) is 0 Å². The lowest BCUT2D eigenvalue weighted by molar-refractivity contribution is -0.141. The Morgan fingerprint density at radius 2 is 1.39 bits per heavy atom. The highest BCUT2D eigenvalue weighted by atomic mass is 16.2. The summed E-state index contributed by atoms with van der Waals surface area (Å²) in [6, 6.07) is 26.9. The Balaban J connectivity index is 1.40. The van der Waals surface area contributed by atoms with E-state index < -0.39 is 29.7 Å². The van der Waals surface area contributed by atoms with E-state index in [0.717, 1.165) is 23.1 Å². The number of nitrogens with one attached hydrogen (secondary N) is 2. The van der Waals surface area contributed by atoms with E-state index in [1.54, 1.807) is 4.90 Å². The van der Waals surface area contributed by atoms with E-state index in [1.165, 1.54) is 0 Å². The van der Waals surface area contributed by atoms with Crippen molar-refractivity contribution >= 4 is 23.5 Å². The zero-order chi connectivity index (χ0) is 26.7. The van der Waals surface area contributed by atoms with Gasteiger partial charge in [-0.1, -0.05) is 91.0 Å². The summed E-state index contributed by atoms with van der Waals surface area (Å²) >= 11 is 0. The van der Waals surface area contributed by atoms with Crippen molar-refractivity contribution in [2.24, 2.45) is 0 Å². The van der Waals surface area contributed by atoms with Gasteiger partial charge >= 0.3 is 0 Å². The number of carbonyl (C=O) groups excluding carboxylic acids is 4. The smallest absolute Gasteiger partial charge is 0.289 e. The maximum absolute atomic E-state index is 13.3. The monoisotopic (exact) mass is 511 g/mol. The Morgan fingerprint density at radius 1 is 0.816 bits per heavy atom. The first-order chi connectivity index (χ1) is 18.5. The fourth-order valence-electron chi connectivity index (χ4n) is 4.70. The quantitative estimate of drug-likeness (QED) is 0.288. The highest BCUT2D eigenvalue weighted by molar-refractivity contribution is 6.38. The molecule has 2 atom stereocenters. The summed E-state index contributed by atoms with van der Waals surface area (Å²) in [5.41, 5.74) is 2.91. The molecule has 7 nitrogen and oxygen atoms in total. The molecule has 0 aromatic heterocycles. The number of rotatable bonds is 12. The first-order valence-corrected chi connectivity index (χ1v) is 13.0. The number of carbonyl (C=O) groups is 4. The highest BCUT2D eigenvalue weighted by Crippen LogP contribution is 2.22. The third-order valence-electron chi connectivity index (χ3n) is 6.74. The summed E-state index contributed by atoms with van der Waals surface area (Å²) in [5, 5.41) is 5.50. The number of likely N-dealkylation sites (tertiary alicyclic amines) is 1. The molecule has 4 rings (SSSR count). The molecule has 3 amide bonds. The average molecular weight is 512 g/mol. The number of Topliss-reactive ketones (excluding diaryl/α,β-unsaturated/α-hetero) is 1. The molecule has 0 radical (unpaired) electrons. The first-order valence-electron chi connectivity index (χ1n) is 13.0. The normalized spacial score (nSPS) is 15.6. The highest BCUT2D eigenvalue weighted by Gasteiger charge is 2.38. The van der Waals surface area contributed by atoms with Gasteiger partial charge < -0.3 is 15.5 Å². The lowest BCUT2D eigenvalue weighted by Gasteiger charge is -2.26. The van der Waals surface area contributed by atoms with E-state index in [4.69, 9.17) is 0 Å². The molecule has 1 aliphatic rings. The van der Waals surface area contributed by atoms with Gasteiger partial charge in [0.15, 0.2) is 0 Å². The fraction of sp³-hybridized carbons (Fsp3) is 0.290. The number of aryl methyl sites for hydroxylation is 1. The maximum Gasteiger partial charge on any atom is 0.289 e. The summed E-state index contributed by atoms with van der Waals surface area (Å²) in [5.74, 6) is -1.93. The van der Waals surface area contributed by atoms with Crippen molar-refractivity contribution in [1.82, 2.24) is 15.5 Å². The van der Waals surface area contributed by atoms with Crippen LogP contribution in [0.2, 0.25) is 0 Å². The van der Waals surface area contributed by atoms with E-state index in [-0.39, 0.29) is 18.7 Å². The number of ketones is 1. The molecular formula is C31H33N3O4. The van der Waals surface area contributed by atoms with Gasteiger partial charge in [0.1, 0.15) is 12.1 Å². The zero-order valence-electron chi connectivity index (χ0n) is 21.3. The molecule has 2 N–H and O–H groups in total. The van der Waals surface area contributed by atoms with Crippen LogP contribution in [0.1, 0.15) is 36.0 Å². The van der Waals surface area contributed by atoms with E-state index in [1.807, 2.05) is 91.0 Å². The van der Waals surface area contributed by atoms with Crippen LogP contribution in [0.3, 0.4) is 0 Å². The third kappa shape index (κ3) is 7.38. The number of benzene rings is 3. The molecule has 0 bridgehead atoms. The van der Waals surface area contributed by atoms with Gasteiger partial charge in [-0.05, 0) is 36.0 Å². The Bertz CT molecular complexity index is 1230. The Morgan fingerprint density at radius 3 is 2.03 bits per heavy atom. The van der Waals surface area contributed by atoms with Crippen LogP contribution in [-0.2, 0) is 38.6 Å². The van der Waals surface area contributed by atoms with Crippen LogP contribution in [0.5, 0.6) is 0 Å². The Hall–Kier alpha value is -4.26. The predicted molar refractivity (Wildman–Crippen MR) is 145 cm³/mol. The predicted octanol–water partition coefficient (Wildman–Crippen LogP) is 3.22. The molecule has 1 unspecified atom stereocenters. The second-order valence-corrected chi connectivity index (χ2v) is 9.52. The van der Waals surface area contributed by atoms with Crippen molar-refractivity contribution in [2.45, 2.75) is 50.7 Å². The van der Waals surface area contributed by atoms with Crippen LogP contribution in [0.15, 0.2) is 91.0 Å². The van der Waals surface area contributed by atoms with Crippen LogP contribution < -0.4 is 10.6 Å². The second kappa shape index (κ2) is 13.3. The lowest BCUT2D eigenvalue weighted by Crippen LogP contribution is -2.53. The first kappa shape index (κ1) is 26.8. The molecule has 0 aliphatic carbocycles. The van der Waals surface area contributed by atoms with E-state index in [0.29, 0.717) is 25.9 Å². The minimum Gasteiger partial charge on any atom is -0.349 e. The second-order valence-electron chi connectivity index (χ2n) is 9.52. The maximum atomic E-state index is 13.3. The third-order valence-corrected chi connectivity index (χ3v) is 6.74. The lowest BCUT2D eigenvalue weighted by atomic mass is 10.0. The molecule has 1 heterocycles. The van der Waals surface area contributed by atoms with Crippen molar-refractivity contribution in [2.75, 3.05) is 6.54 Å². The minimum atomic E-state index is -1.03. The summed E-state index contributed by atoms with van der Waals surface area (Å²) < 4.78 is 0. The molecule has 3 aromatic carbocycles. The summed E-state index contributed by atoms with van der Waals surface area (Å²) in [6.45, 7) is 0.671. The number of amides is 3. The van der Waals surface area contributed by atoms with E-state index >= 15 is 0 Å². The number of hydrogen-bond acceptors (Lipinski definition) is 4. The molecule has 3 aromatic rings. The van der Waals surface area contributed by atoms with Gasteiger partial charge in [0.05, 0.1) is 0 Å². The van der Waals surface area contributed by atoms with Crippen molar-refractivity contribution in [3.63, 3.8) is 0 Å². The molecule has 7 heteroatoms. The topological polar surface area (TPSA) is 95.6 Å². The molecule has 1 aliphatic heterocycles. The fourth-order valence-corrected chi connectivity index (χ4v) is 4.70. The van der Waals surface area contributed by atoms with Crippen molar-refractivity contribution in [3.05, 3.63) is 108 Å².